The fourth-order valence-corrected chi connectivity index (χ4v) is 3.26. The summed E-state index contributed by atoms with van der Waals surface area (Å²) in [5.74, 6) is 2.25. The lowest BCUT2D eigenvalue weighted by atomic mass is 10.1. The third-order valence-electron chi connectivity index (χ3n) is 4.92. The first kappa shape index (κ1) is 16.9. The van der Waals surface area contributed by atoms with Gasteiger partial charge in [0.15, 0.2) is 0 Å². The zero-order valence-corrected chi connectivity index (χ0v) is 14.9. The summed E-state index contributed by atoms with van der Waals surface area (Å²) in [5, 5.41) is 8.09. The fourth-order valence-electron chi connectivity index (χ4n) is 3.26. The van der Waals surface area contributed by atoms with Crippen molar-refractivity contribution in [1.29, 1.82) is 0 Å². The van der Waals surface area contributed by atoms with Crippen LogP contribution in [0, 0.1) is 6.92 Å². The number of aryl methyl sites for hydroxylation is 1. The van der Waals surface area contributed by atoms with E-state index < -0.39 is 0 Å². The Bertz CT molecular complexity index is 665. The molecule has 1 aromatic carbocycles. The molecule has 1 fully saturated rings. The van der Waals surface area contributed by atoms with Gasteiger partial charge in [-0.05, 0) is 31.5 Å². The third-order valence-corrected chi connectivity index (χ3v) is 4.92. The second-order valence-corrected chi connectivity index (χ2v) is 6.36. The summed E-state index contributed by atoms with van der Waals surface area (Å²) in [6, 6.07) is 8.89. The highest BCUT2D eigenvalue weighted by Gasteiger charge is 2.27. The lowest BCUT2D eigenvalue weighted by Crippen LogP contribution is -2.47. The summed E-state index contributed by atoms with van der Waals surface area (Å²) in [6.07, 6.45) is 0. The molecular formula is C18H26N4O2. The van der Waals surface area contributed by atoms with E-state index in [4.69, 9.17) is 9.15 Å². The number of hydrogen-bond donors (Lipinski definition) is 0. The molecule has 1 saturated heterocycles. The maximum Gasteiger partial charge on any atom is 0.233 e. The molecule has 1 aromatic heterocycles. The molecule has 0 radical (unpaired) electrons. The van der Waals surface area contributed by atoms with Crippen molar-refractivity contribution < 1.29 is 9.15 Å². The van der Waals surface area contributed by atoms with Crippen LogP contribution in [-0.4, -0.2) is 53.3 Å². The summed E-state index contributed by atoms with van der Waals surface area (Å²) in [5.41, 5.74) is 1.29. The van der Waals surface area contributed by atoms with Gasteiger partial charge in [-0.1, -0.05) is 12.1 Å². The molecule has 130 valence electrons. The molecule has 0 amide bonds. The van der Waals surface area contributed by atoms with Gasteiger partial charge >= 0.3 is 0 Å². The average molecular weight is 330 g/mol. The second kappa shape index (κ2) is 7.32. The topological polar surface area (TPSA) is 54.6 Å². The number of benzene rings is 1. The van der Waals surface area contributed by atoms with Crippen LogP contribution >= 0.6 is 0 Å². The van der Waals surface area contributed by atoms with Crippen LogP contribution in [0.5, 0.6) is 5.75 Å². The van der Waals surface area contributed by atoms with E-state index in [-0.39, 0.29) is 6.04 Å². The molecular weight excluding hydrogens is 304 g/mol. The molecule has 2 aromatic rings. The Morgan fingerprint density at radius 1 is 1.04 bits per heavy atom. The number of nitrogens with zero attached hydrogens (tertiary/aromatic N) is 4. The lowest BCUT2D eigenvalue weighted by molar-refractivity contribution is 0.0696. The summed E-state index contributed by atoms with van der Waals surface area (Å²) < 4.78 is 10.9. The van der Waals surface area contributed by atoms with Gasteiger partial charge in [0, 0.05) is 39.1 Å². The van der Waals surface area contributed by atoms with Crippen molar-refractivity contribution in [2.45, 2.75) is 32.9 Å². The van der Waals surface area contributed by atoms with Crippen molar-refractivity contribution in [3.05, 3.63) is 41.6 Å². The van der Waals surface area contributed by atoms with Gasteiger partial charge in [-0.3, -0.25) is 9.80 Å². The van der Waals surface area contributed by atoms with Gasteiger partial charge in [0.2, 0.25) is 11.8 Å². The Kier molecular flexibility index (Phi) is 5.16. The van der Waals surface area contributed by atoms with Gasteiger partial charge in [-0.25, -0.2) is 0 Å². The van der Waals surface area contributed by atoms with Crippen LogP contribution in [-0.2, 0) is 0 Å². The summed E-state index contributed by atoms with van der Waals surface area (Å²) in [7, 11) is 1.71. The molecule has 1 aliphatic rings. The van der Waals surface area contributed by atoms with E-state index in [0.717, 1.165) is 31.9 Å². The van der Waals surface area contributed by atoms with Crippen LogP contribution in [0.2, 0.25) is 0 Å². The highest BCUT2D eigenvalue weighted by molar-refractivity contribution is 5.30. The molecule has 6 heteroatoms. The van der Waals surface area contributed by atoms with E-state index in [9.17, 15) is 0 Å². The van der Waals surface area contributed by atoms with Crippen LogP contribution in [0.25, 0.3) is 0 Å². The third kappa shape index (κ3) is 3.60. The highest BCUT2D eigenvalue weighted by atomic mass is 16.5. The van der Waals surface area contributed by atoms with Gasteiger partial charge in [0.05, 0.1) is 13.2 Å². The molecule has 0 bridgehead atoms. The molecule has 0 spiro atoms. The van der Waals surface area contributed by atoms with Gasteiger partial charge in [0.25, 0.3) is 0 Å². The van der Waals surface area contributed by atoms with Gasteiger partial charge in [-0.2, -0.15) is 0 Å². The van der Waals surface area contributed by atoms with Crippen LogP contribution in [0.1, 0.15) is 43.3 Å². The number of aromatic nitrogens is 2. The van der Waals surface area contributed by atoms with Crippen molar-refractivity contribution >= 4 is 0 Å². The molecule has 1 aliphatic heterocycles. The number of rotatable bonds is 5. The van der Waals surface area contributed by atoms with Crippen molar-refractivity contribution in [1.82, 2.24) is 20.0 Å². The maximum absolute atomic E-state index is 5.58. The Morgan fingerprint density at radius 2 is 1.71 bits per heavy atom. The van der Waals surface area contributed by atoms with Gasteiger partial charge in [0.1, 0.15) is 5.75 Å². The molecule has 0 aliphatic carbocycles. The maximum atomic E-state index is 5.58. The fraction of sp³-hybridized carbons (Fsp3) is 0.556. The van der Waals surface area contributed by atoms with Crippen LogP contribution < -0.4 is 4.74 Å². The monoisotopic (exact) mass is 330 g/mol. The molecule has 24 heavy (non-hydrogen) atoms. The van der Waals surface area contributed by atoms with Crippen LogP contribution in [0.4, 0.5) is 0 Å². The predicted octanol–water partition coefficient (Wildman–Crippen LogP) is 2.83. The number of methoxy groups -OCH3 is 1. The van der Waals surface area contributed by atoms with Crippen LogP contribution in [0.15, 0.2) is 28.7 Å². The number of ether oxygens (including phenoxy) is 1. The standard InChI is InChI=1S/C18H26N4O2/c1-13(16-6-5-7-17(12-16)23-4)21-8-10-22(11-9-21)14(2)18-20-19-15(3)24-18/h5-7,12-14H,8-11H2,1-4H3/t13-,14+/m1/s1. The van der Waals surface area contributed by atoms with E-state index in [1.54, 1.807) is 7.11 Å². The summed E-state index contributed by atoms with van der Waals surface area (Å²) in [6.45, 7) is 10.3. The first-order valence-electron chi connectivity index (χ1n) is 8.50. The van der Waals surface area contributed by atoms with Gasteiger partial charge in [-0.15, -0.1) is 10.2 Å². The molecule has 0 N–H and O–H groups in total. The van der Waals surface area contributed by atoms with E-state index >= 15 is 0 Å². The zero-order valence-electron chi connectivity index (χ0n) is 14.9. The Balaban J connectivity index is 1.60. The van der Waals surface area contributed by atoms with Crippen molar-refractivity contribution in [3.63, 3.8) is 0 Å². The first-order valence-corrected chi connectivity index (χ1v) is 8.50. The molecule has 2 atom stereocenters. The average Bonchev–Trinajstić information content (AvgIpc) is 3.07. The van der Waals surface area contributed by atoms with E-state index in [1.807, 2.05) is 13.0 Å². The van der Waals surface area contributed by atoms with Gasteiger partial charge < -0.3 is 9.15 Å². The smallest absolute Gasteiger partial charge is 0.233 e. The lowest BCUT2D eigenvalue weighted by Gasteiger charge is -2.39. The molecule has 3 rings (SSSR count). The van der Waals surface area contributed by atoms with Crippen molar-refractivity contribution in [2.24, 2.45) is 0 Å². The van der Waals surface area contributed by atoms with Crippen molar-refractivity contribution in [2.75, 3.05) is 33.3 Å². The first-order chi connectivity index (χ1) is 11.6. The largest absolute Gasteiger partial charge is 0.497 e. The summed E-state index contributed by atoms with van der Waals surface area (Å²) >= 11 is 0. The second-order valence-electron chi connectivity index (χ2n) is 6.36. The van der Waals surface area contributed by atoms with E-state index in [2.05, 4.69) is 52.0 Å². The Morgan fingerprint density at radius 3 is 2.29 bits per heavy atom. The van der Waals surface area contributed by atoms with E-state index in [0.29, 0.717) is 17.8 Å². The van der Waals surface area contributed by atoms with Crippen molar-refractivity contribution in [3.8, 4) is 5.75 Å². The molecule has 0 saturated carbocycles. The summed E-state index contributed by atoms with van der Waals surface area (Å²) in [4.78, 5) is 4.92. The quantitative estimate of drug-likeness (QED) is 0.840. The number of piperazine rings is 1. The van der Waals surface area contributed by atoms with Crippen LogP contribution in [0.3, 0.4) is 0 Å². The number of hydrogen-bond acceptors (Lipinski definition) is 6. The molecule has 0 unspecified atom stereocenters. The molecule has 6 nitrogen and oxygen atoms in total. The SMILES string of the molecule is COc1cccc([C@@H](C)N2CCN([C@@H](C)c3nnc(C)o3)CC2)c1. The minimum atomic E-state index is 0.167. The minimum Gasteiger partial charge on any atom is -0.497 e. The molecule has 2 heterocycles. The normalized spacial score (nSPS) is 19.2. The highest BCUT2D eigenvalue weighted by Crippen LogP contribution is 2.27. The zero-order chi connectivity index (χ0) is 17.1. The van der Waals surface area contributed by atoms with E-state index in [1.165, 1.54) is 5.56 Å². The predicted molar refractivity (Wildman–Crippen MR) is 92.0 cm³/mol. The Labute approximate surface area is 143 Å². The Hall–Kier alpha value is -1.92. The minimum absolute atomic E-state index is 0.167.